The number of benzene rings is 1. The molecular weight excluding hydrogens is 398 g/mol. The number of phenols is 1. The smallest absolute Gasteiger partial charge is 0.165 e. The highest BCUT2D eigenvalue weighted by molar-refractivity contribution is 5.63. The molecule has 6 atom stereocenters. The molecule has 5 aliphatic carbocycles. The zero-order chi connectivity index (χ0) is 21.9. The minimum absolute atomic E-state index is 0.00459. The molecule has 9 rings (SSSR count). The number of likely N-dealkylation sites (tertiary alicyclic amines) is 1. The average molecular weight is 436 g/mol. The standard InChI is InChI=1S/C28H37NO3/c1-24(2)19-14-26-9-10-28(19,32-25(24,3)4)23-27(26)11-12-29(15-16-5-6-16)20(26)13-17-7-8-18(30)22(31-23)21(17)27/h7-8,16,19-20,23,30H,5-6,9-15H2,1-4H3/t19-,20-,23-,26-,27+,28?/m1/s1. The van der Waals surface area contributed by atoms with Gasteiger partial charge >= 0.3 is 0 Å². The number of aromatic hydroxyl groups is 1. The van der Waals surface area contributed by atoms with E-state index in [0.717, 1.165) is 30.9 Å². The Morgan fingerprint density at radius 2 is 1.91 bits per heavy atom. The highest BCUT2D eigenvalue weighted by Gasteiger charge is 2.84. The van der Waals surface area contributed by atoms with Crippen molar-refractivity contribution in [1.82, 2.24) is 4.90 Å². The maximum atomic E-state index is 10.9. The van der Waals surface area contributed by atoms with Crippen LogP contribution in [0.5, 0.6) is 11.5 Å². The van der Waals surface area contributed by atoms with Gasteiger partial charge in [-0.1, -0.05) is 19.9 Å². The number of rotatable bonds is 2. The van der Waals surface area contributed by atoms with Crippen molar-refractivity contribution in [3.8, 4) is 11.5 Å². The lowest BCUT2D eigenvalue weighted by molar-refractivity contribution is -0.272. The van der Waals surface area contributed by atoms with Gasteiger partial charge in [0.2, 0.25) is 0 Å². The summed E-state index contributed by atoms with van der Waals surface area (Å²) in [5.74, 6) is 2.56. The second kappa shape index (κ2) is 5.20. The lowest BCUT2D eigenvalue weighted by Gasteiger charge is -2.73. The summed E-state index contributed by atoms with van der Waals surface area (Å²) in [7, 11) is 0. The van der Waals surface area contributed by atoms with Crippen LogP contribution in [-0.2, 0) is 16.6 Å². The van der Waals surface area contributed by atoms with Crippen LogP contribution in [0.2, 0.25) is 0 Å². The van der Waals surface area contributed by atoms with Crippen molar-refractivity contribution in [1.29, 1.82) is 0 Å². The molecule has 0 aromatic heterocycles. The van der Waals surface area contributed by atoms with Gasteiger partial charge < -0.3 is 14.6 Å². The molecule has 6 fully saturated rings. The first-order valence-corrected chi connectivity index (χ1v) is 13.1. The van der Waals surface area contributed by atoms with E-state index in [1.54, 1.807) is 0 Å². The third kappa shape index (κ3) is 1.74. The Kier molecular flexibility index (Phi) is 3.10. The van der Waals surface area contributed by atoms with Gasteiger partial charge in [0.1, 0.15) is 11.7 Å². The van der Waals surface area contributed by atoms with Gasteiger partial charge in [-0.05, 0) is 88.3 Å². The second-order valence-electron chi connectivity index (χ2n) is 13.5. The predicted molar refractivity (Wildman–Crippen MR) is 122 cm³/mol. The van der Waals surface area contributed by atoms with E-state index in [0.29, 0.717) is 17.7 Å². The predicted octanol–water partition coefficient (Wildman–Crippen LogP) is 4.81. The number of ether oxygens (including phenoxy) is 2. The molecular formula is C28H37NO3. The molecule has 3 heterocycles. The van der Waals surface area contributed by atoms with E-state index in [2.05, 4.69) is 38.7 Å². The van der Waals surface area contributed by atoms with Gasteiger partial charge in [0.05, 0.1) is 5.60 Å². The summed E-state index contributed by atoms with van der Waals surface area (Å²) in [4.78, 5) is 2.90. The first-order valence-electron chi connectivity index (χ1n) is 13.1. The normalized spacial score (nSPS) is 48.3. The van der Waals surface area contributed by atoms with Crippen molar-refractivity contribution in [2.45, 2.75) is 101 Å². The van der Waals surface area contributed by atoms with Crippen LogP contribution in [0.1, 0.15) is 77.3 Å². The summed E-state index contributed by atoms with van der Waals surface area (Å²) < 4.78 is 14.2. The van der Waals surface area contributed by atoms with Crippen molar-refractivity contribution in [2.75, 3.05) is 13.1 Å². The zero-order valence-electron chi connectivity index (χ0n) is 20.0. The van der Waals surface area contributed by atoms with Gasteiger partial charge in [-0.2, -0.15) is 0 Å². The number of piperidine rings is 1. The Labute approximate surface area is 191 Å². The van der Waals surface area contributed by atoms with E-state index in [1.807, 2.05) is 6.07 Å². The van der Waals surface area contributed by atoms with Crippen LogP contribution in [-0.4, -0.2) is 46.4 Å². The molecule has 1 N–H and O–H groups in total. The Morgan fingerprint density at radius 1 is 1.09 bits per heavy atom. The molecule has 4 nitrogen and oxygen atoms in total. The number of fused-ring (bicyclic) bond motifs is 1. The van der Waals surface area contributed by atoms with Gasteiger partial charge in [0.25, 0.3) is 0 Å². The molecule has 4 bridgehead atoms. The quantitative estimate of drug-likeness (QED) is 0.724. The maximum absolute atomic E-state index is 10.9. The van der Waals surface area contributed by atoms with Crippen LogP contribution < -0.4 is 4.74 Å². The van der Waals surface area contributed by atoms with Gasteiger partial charge in [-0.3, -0.25) is 4.90 Å². The molecule has 32 heavy (non-hydrogen) atoms. The van der Waals surface area contributed by atoms with Gasteiger partial charge in [0, 0.05) is 34.9 Å². The Balaban J connectivity index is 1.40. The molecule has 3 aliphatic heterocycles. The van der Waals surface area contributed by atoms with E-state index in [-0.39, 0.29) is 33.6 Å². The third-order valence-electron chi connectivity index (χ3n) is 12.1. The first-order chi connectivity index (χ1) is 15.2. The van der Waals surface area contributed by atoms with Crippen molar-refractivity contribution in [2.24, 2.45) is 22.7 Å². The fraction of sp³-hybridized carbons (Fsp3) is 0.786. The highest BCUT2D eigenvalue weighted by Crippen LogP contribution is 2.80. The maximum Gasteiger partial charge on any atom is 0.165 e. The molecule has 0 radical (unpaired) electrons. The molecule has 1 aromatic rings. The minimum atomic E-state index is -0.238. The van der Waals surface area contributed by atoms with Gasteiger partial charge in [0.15, 0.2) is 11.5 Å². The molecule has 1 unspecified atom stereocenters. The molecule has 4 saturated carbocycles. The van der Waals surface area contributed by atoms with Crippen LogP contribution in [0.3, 0.4) is 0 Å². The van der Waals surface area contributed by atoms with Crippen LogP contribution in [0.25, 0.3) is 0 Å². The zero-order valence-corrected chi connectivity index (χ0v) is 20.0. The van der Waals surface area contributed by atoms with E-state index in [4.69, 9.17) is 9.47 Å². The fourth-order valence-corrected chi connectivity index (χ4v) is 10.1. The number of hydrogen-bond donors (Lipinski definition) is 1. The first kappa shape index (κ1) is 19.1. The summed E-state index contributed by atoms with van der Waals surface area (Å²) in [5, 5.41) is 10.9. The Bertz CT molecular complexity index is 1060. The molecule has 8 aliphatic rings. The summed E-state index contributed by atoms with van der Waals surface area (Å²) in [6.45, 7) is 12.0. The highest BCUT2D eigenvalue weighted by atomic mass is 16.6. The summed E-state index contributed by atoms with van der Waals surface area (Å²) in [6.07, 6.45) is 8.76. The van der Waals surface area contributed by atoms with Crippen molar-refractivity contribution >= 4 is 0 Å². The molecule has 0 amide bonds. The number of phenolic OH excluding ortho intramolecular Hbond substituents is 1. The SMILES string of the molecule is CC1(C)OC23CC[C@@]4(C[C@@H]2C1(C)C)[C@H]1Cc2ccc(O)c5c2[C@@]4(CCN1CC1CC1)[C@H]3O5. The van der Waals surface area contributed by atoms with Crippen molar-refractivity contribution < 1.29 is 14.6 Å². The van der Waals surface area contributed by atoms with Gasteiger partial charge in [-0.15, -0.1) is 0 Å². The molecule has 1 aromatic carbocycles. The number of nitrogens with zero attached hydrogens (tertiary/aromatic N) is 1. The lowest BCUT2D eigenvalue weighted by Crippen LogP contribution is -2.80. The van der Waals surface area contributed by atoms with Crippen molar-refractivity contribution in [3.05, 3.63) is 23.3 Å². The molecule has 3 spiro atoms. The third-order valence-corrected chi connectivity index (χ3v) is 12.1. The van der Waals surface area contributed by atoms with Crippen LogP contribution >= 0.6 is 0 Å². The monoisotopic (exact) mass is 435 g/mol. The topological polar surface area (TPSA) is 41.9 Å². The second-order valence-corrected chi connectivity index (χ2v) is 13.5. The van der Waals surface area contributed by atoms with Crippen LogP contribution in [0.15, 0.2) is 12.1 Å². The van der Waals surface area contributed by atoms with Crippen molar-refractivity contribution in [3.63, 3.8) is 0 Å². The minimum Gasteiger partial charge on any atom is -0.504 e. The molecule has 172 valence electrons. The average Bonchev–Trinajstić information content (AvgIpc) is 3.44. The number of hydrogen-bond acceptors (Lipinski definition) is 4. The Morgan fingerprint density at radius 3 is 2.69 bits per heavy atom. The van der Waals surface area contributed by atoms with Crippen LogP contribution in [0, 0.1) is 22.7 Å². The molecule has 4 heteroatoms. The van der Waals surface area contributed by atoms with E-state index in [1.165, 1.54) is 49.9 Å². The summed E-state index contributed by atoms with van der Waals surface area (Å²) in [5.41, 5.74) is 2.74. The van der Waals surface area contributed by atoms with Crippen LogP contribution in [0.4, 0.5) is 0 Å². The largest absolute Gasteiger partial charge is 0.504 e. The van der Waals surface area contributed by atoms with E-state index in [9.17, 15) is 5.11 Å². The fourth-order valence-electron chi connectivity index (χ4n) is 10.1. The summed E-state index contributed by atoms with van der Waals surface area (Å²) in [6, 6.07) is 4.70. The van der Waals surface area contributed by atoms with E-state index < -0.39 is 0 Å². The lowest BCUT2D eigenvalue weighted by atomic mass is 9.33. The van der Waals surface area contributed by atoms with Gasteiger partial charge in [-0.25, -0.2) is 0 Å². The molecule has 2 saturated heterocycles. The Hall–Kier alpha value is -1.26. The summed E-state index contributed by atoms with van der Waals surface area (Å²) >= 11 is 0. The van der Waals surface area contributed by atoms with E-state index >= 15 is 0 Å².